The van der Waals surface area contributed by atoms with Gasteiger partial charge in [0, 0.05) is 5.56 Å². The van der Waals surface area contributed by atoms with Gasteiger partial charge in [-0.3, -0.25) is 4.79 Å². The molecule has 4 heteroatoms. The molecule has 1 amide bonds. The third kappa shape index (κ3) is 3.51. The number of hydrogen-bond acceptors (Lipinski definition) is 3. The Bertz CT molecular complexity index is 647. The molecule has 0 radical (unpaired) electrons. The summed E-state index contributed by atoms with van der Waals surface area (Å²) >= 11 is 0. The molecule has 0 atom stereocenters. The van der Waals surface area contributed by atoms with Gasteiger partial charge in [0.25, 0.3) is 0 Å². The summed E-state index contributed by atoms with van der Waals surface area (Å²) < 4.78 is 5.83. The minimum Gasteiger partial charge on any atom is -0.493 e. The zero-order chi connectivity index (χ0) is 18.0. The van der Waals surface area contributed by atoms with Gasteiger partial charge in [0.1, 0.15) is 5.75 Å². The lowest BCUT2D eigenvalue weighted by Gasteiger charge is -2.55. The van der Waals surface area contributed by atoms with Crippen molar-refractivity contribution in [3.05, 3.63) is 29.8 Å². The van der Waals surface area contributed by atoms with Crippen LogP contribution in [0.4, 0.5) is 0 Å². The third-order valence-corrected chi connectivity index (χ3v) is 6.56. The average Bonchev–Trinajstić information content (AvgIpc) is 2.62. The Balaban J connectivity index is 1.39. The van der Waals surface area contributed by atoms with E-state index in [1.54, 1.807) is 6.21 Å². The van der Waals surface area contributed by atoms with E-state index in [9.17, 15) is 4.79 Å². The van der Waals surface area contributed by atoms with E-state index in [4.69, 9.17) is 4.74 Å². The van der Waals surface area contributed by atoms with Crippen molar-refractivity contribution in [1.82, 2.24) is 5.43 Å². The number of hydrogen-bond donors (Lipinski definition) is 1. The molecule has 0 saturated heterocycles. The van der Waals surface area contributed by atoms with Crippen molar-refractivity contribution in [1.29, 1.82) is 0 Å². The number of benzene rings is 1. The number of nitrogens with one attached hydrogen (secondary N) is 1. The molecule has 1 N–H and O–H groups in total. The van der Waals surface area contributed by atoms with Gasteiger partial charge in [0.05, 0.1) is 18.2 Å². The number of carbonyl (C=O) groups excluding carboxylic acids is 1. The number of nitrogens with zero attached hydrogens (tertiary/aromatic N) is 1. The van der Waals surface area contributed by atoms with Crippen molar-refractivity contribution < 1.29 is 9.53 Å². The fourth-order valence-corrected chi connectivity index (χ4v) is 5.71. The van der Waals surface area contributed by atoms with Crippen LogP contribution < -0.4 is 10.2 Å². The van der Waals surface area contributed by atoms with Crippen molar-refractivity contribution >= 4 is 12.1 Å². The monoisotopic (exact) mass is 354 g/mol. The first-order valence-corrected chi connectivity index (χ1v) is 10.2. The summed E-state index contributed by atoms with van der Waals surface area (Å²) in [6.45, 7) is 2.86. The molecule has 1 aromatic rings. The van der Waals surface area contributed by atoms with Gasteiger partial charge < -0.3 is 4.74 Å². The van der Waals surface area contributed by atoms with Gasteiger partial charge >= 0.3 is 0 Å². The number of hydrazone groups is 1. The van der Waals surface area contributed by atoms with Crippen LogP contribution in [0, 0.1) is 23.2 Å². The lowest BCUT2D eigenvalue weighted by Crippen LogP contribution is -2.52. The average molecular weight is 354 g/mol. The first-order valence-electron chi connectivity index (χ1n) is 10.2. The largest absolute Gasteiger partial charge is 0.493 e. The maximum Gasteiger partial charge on any atom is 0.246 e. The molecule has 0 heterocycles. The molecule has 4 aliphatic carbocycles. The molecule has 0 aromatic heterocycles. The summed E-state index contributed by atoms with van der Waals surface area (Å²) in [7, 11) is 0. The van der Waals surface area contributed by atoms with Crippen molar-refractivity contribution in [2.45, 2.75) is 58.3 Å². The minimum atomic E-state index is -0.150. The molecule has 26 heavy (non-hydrogen) atoms. The van der Waals surface area contributed by atoms with Crippen LogP contribution >= 0.6 is 0 Å². The lowest BCUT2D eigenvalue weighted by molar-refractivity contribution is -0.146. The molecular formula is C22H30N2O2. The van der Waals surface area contributed by atoms with Crippen molar-refractivity contribution in [3.63, 3.8) is 0 Å². The molecule has 0 unspecified atom stereocenters. The Kier molecular flexibility index (Phi) is 5.01. The zero-order valence-electron chi connectivity index (χ0n) is 15.7. The molecular weight excluding hydrogens is 324 g/mol. The van der Waals surface area contributed by atoms with Crippen LogP contribution in [0.2, 0.25) is 0 Å². The molecule has 1 aromatic carbocycles. The SMILES string of the molecule is CCCCOc1ccccc1/C=N\NC(=O)C12CC3CC(CC(C3)C1)C2. The van der Waals surface area contributed by atoms with E-state index in [0.29, 0.717) is 6.61 Å². The highest BCUT2D eigenvalue weighted by atomic mass is 16.5. The molecule has 4 saturated carbocycles. The van der Waals surface area contributed by atoms with Gasteiger partial charge in [0.2, 0.25) is 5.91 Å². The maximum absolute atomic E-state index is 12.9. The Labute approximate surface area is 156 Å². The van der Waals surface area contributed by atoms with E-state index in [2.05, 4.69) is 17.5 Å². The van der Waals surface area contributed by atoms with Gasteiger partial charge in [-0.15, -0.1) is 0 Å². The van der Waals surface area contributed by atoms with E-state index < -0.39 is 0 Å². The number of para-hydroxylation sites is 1. The molecule has 4 nitrogen and oxygen atoms in total. The fourth-order valence-electron chi connectivity index (χ4n) is 5.71. The normalized spacial score (nSPS) is 32.1. The quantitative estimate of drug-likeness (QED) is 0.444. The van der Waals surface area contributed by atoms with Crippen LogP contribution in [-0.4, -0.2) is 18.7 Å². The summed E-state index contributed by atoms with van der Waals surface area (Å²) in [5, 5.41) is 4.28. The summed E-state index contributed by atoms with van der Waals surface area (Å²) in [5.41, 5.74) is 3.62. The fraction of sp³-hybridized carbons (Fsp3) is 0.636. The van der Waals surface area contributed by atoms with Crippen LogP contribution in [0.1, 0.15) is 63.9 Å². The number of carbonyl (C=O) groups is 1. The second kappa shape index (κ2) is 7.42. The van der Waals surface area contributed by atoms with Gasteiger partial charge in [-0.05, 0) is 74.8 Å². The molecule has 5 rings (SSSR count). The van der Waals surface area contributed by atoms with Crippen LogP contribution in [0.5, 0.6) is 5.75 Å². The molecule has 4 aliphatic rings. The third-order valence-electron chi connectivity index (χ3n) is 6.56. The first kappa shape index (κ1) is 17.6. The molecule has 4 bridgehead atoms. The maximum atomic E-state index is 12.9. The number of rotatable bonds is 7. The van der Waals surface area contributed by atoms with Gasteiger partial charge in [-0.25, -0.2) is 5.43 Å². The van der Waals surface area contributed by atoms with Gasteiger partial charge in [-0.2, -0.15) is 5.10 Å². The van der Waals surface area contributed by atoms with Gasteiger partial charge in [0.15, 0.2) is 0 Å². The van der Waals surface area contributed by atoms with Crippen LogP contribution in [0.15, 0.2) is 29.4 Å². The second-order valence-electron chi connectivity index (χ2n) is 8.64. The highest BCUT2D eigenvalue weighted by Crippen LogP contribution is 2.60. The number of unbranched alkanes of at least 4 members (excludes halogenated alkanes) is 1. The molecule has 0 spiro atoms. The van der Waals surface area contributed by atoms with E-state index >= 15 is 0 Å². The molecule has 4 fully saturated rings. The summed E-state index contributed by atoms with van der Waals surface area (Å²) in [6, 6.07) is 7.86. The Hall–Kier alpha value is -1.84. The summed E-state index contributed by atoms with van der Waals surface area (Å²) in [4.78, 5) is 12.9. The molecule has 140 valence electrons. The van der Waals surface area contributed by atoms with Gasteiger partial charge in [-0.1, -0.05) is 25.5 Å². The summed E-state index contributed by atoms with van der Waals surface area (Å²) in [5.74, 6) is 3.27. The molecule has 0 aliphatic heterocycles. The Morgan fingerprint density at radius 3 is 2.50 bits per heavy atom. The topological polar surface area (TPSA) is 50.7 Å². The van der Waals surface area contributed by atoms with E-state index in [1.807, 2.05) is 24.3 Å². The highest BCUT2D eigenvalue weighted by Gasteiger charge is 2.54. The zero-order valence-corrected chi connectivity index (χ0v) is 15.7. The number of ether oxygens (including phenoxy) is 1. The predicted octanol–water partition coefficient (Wildman–Crippen LogP) is 4.53. The predicted molar refractivity (Wildman–Crippen MR) is 103 cm³/mol. The van der Waals surface area contributed by atoms with Crippen LogP contribution in [0.3, 0.4) is 0 Å². The number of amides is 1. The standard InChI is InChI=1S/C22H30N2O2/c1-2-3-8-26-20-7-5-4-6-19(20)15-23-24-21(25)22-12-16-9-17(13-22)11-18(10-16)14-22/h4-7,15-18H,2-3,8-14H2,1H3,(H,24,25)/b23-15-. The smallest absolute Gasteiger partial charge is 0.246 e. The minimum absolute atomic E-state index is 0.136. The van der Waals surface area contributed by atoms with Crippen molar-refractivity contribution in [3.8, 4) is 5.75 Å². The van der Waals surface area contributed by atoms with Crippen LogP contribution in [-0.2, 0) is 4.79 Å². The van der Waals surface area contributed by atoms with E-state index in [1.165, 1.54) is 19.3 Å². The van der Waals surface area contributed by atoms with Crippen molar-refractivity contribution in [2.24, 2.45) is 28.3 Å². The lowest BCUT2D eigenvalue weighted by atomic mass is 9.49. The highest BCUT2D eigenvalue weighted by molar-refractivity contribution is 5.87. The second-order valence-corrected chi connectivity index (χ2v) is 8.64. The Morgan fingerprint density at radius 2 is 1.85 bits per heavy atom. The van der Waals surface area contributed by atoms with E-state index in [0.717, 1.165) is 61.2 Å². The van der Waals surface area contributed by atoms with Crippen molar-refractivity contribution in [2.75, 3.05) is 6.61 Å². The van der Waals surface area contributed by atoms with Crippen LogP contribution in [0.25, 0.3) is 0 Å². The summed E-state index contributed by atoms with van der Waals surface area (Å²) in [6.07, 6.45) is 11.1. The van der Waals surface area contributed by atoms with E-state index in [-0.39, 0.29) is 11.3 Å². The Morgan fingerprint density at radius 1 is 1.19 bits per heavy atom. The first-order chi connectivity index (χ1) is 12.7.